The van der Waals surface area contributed by atoms with Gasteiger partial charge in [-0.05, 0) is 43.3 Å². The van der Waals surface area contributed by atoms with Gasteiger partial charge in [0, 0.05) is 5.56 Å². The summed E-state index contributed by atoms with van der Waals surface area (Å²) in [6.07, 6.45) is -0.821. The van der Waals surface area contributed by atoms with Gasteiger partial charge >= 0.3 is 5.97 Å². The van der Waals surface area contributed by atoms with Crippen LogP contribution in [0.15, 0.2) is 40.8 Å². The van der Waals surface area contributed by atoms with Crippen molar-refractivity contribution in [2.45, 2.75) is 13.0 Å². The van der Waals surface area contributed by atoms with Crippen LogP contribution >= 0.6 is 23.2 Å². The molecule has 3 aromatic rings. The Hall–Kier alpha value is -2.64. The summed E-state index contributed by atoms with van der Waals surface area (Å²) in [4.78, 5) is 12.3. The number of aromatic nitrogens is 2. The van der Waals surface area contributed by atoms with Crippen molar-refractivity contribution in [3.05, 3.63) is 63.7 Å². The van der Waals surface area contributed by atoms with Crippen molar-refractivity contribution < 1.29 is 23.1 Å². The Bertz CT molecular complexity index is 953. The number of carbonyl (C=O) groups is 1. The molecule has 0 saturated carbocycles. The number of hydrogen-bond acceptors (Lipinski definition) is 6. The molecule has 0 aliphatic rings. The third-order valence-electron chi connectivity index (χ3n) is 3.60. The van der Waals surface area contributed by atoms with Crippen molar-refractivity contribution >= 4 is 29.2 Å². The van der Waals surface area contributed by atoms with Crippen LogP contribution in [0.3, 0.4) is 0 Å². The fourth-order valence-corrected chi connectivity index (χ4v) is 2.90. The third-order valence-corrected chi connectivity index (χ3v) is 4.16. The van der Waals surface area contributed by atoms with E-state index in [4.69, 9.17) is 37.1 Å². The Kier molecular flexibility index (Phi) is 5.62. The Balaban J connectivity index is 1.75. The first kappa shape index (κ1) is 19.1. The lowest BCUT2D eigenvalue weighted by molar-refractivity contribution is 0.0280. The number of methoxy groups -OCH3 is 1. The SMILES string of the molecule is COc1c(Cl)cc(C(=O)O[C@@H](C)c2nnc(-c3ccc(F)cc3)o2)cc1Cl. The first-order valence-electron chi connectivity index (χ1n) is 7.72. The average Bonchev–Trinajstić information content (AvgIpc) is 3.12. The van der Waals surface area contributed by atoms with Gasteiger partial charge in [0.15, 0.2) is 11.9 Å². The van der Waals surface area contributed by atoms with Crippen molar-refractivity contribution in [1.29, 1.82) is 0 Å². The molecule has 0 spiro atoms. The van der Waals surface area contributed by atoms with Crippen molar-refractivity contribution in [2.75, 3.05) is 7.11 Å². The Morgan fingerprint density at radius 3 is 2.37 bits per heavy atom. The summed E-state index contributed by atoms with van der Waals surface area (Å²) in [5.41, 5.74) is 0.693. The monoisotopic (exact) mass is 410 g/mol. The summed E-state index contributed by atoms with van der Waals surface area (Å²) < 4.78 is 28.9. The summed E-state index contributed by atoms with van der Waals surface area (Å²) in [7, 11) is 1.42. The highest BCUT2D eigenvalue weighted by atomic mass is 35.5. The molecule has 0 unspecified atom stereocenters. The van der Waals surface area contributed by atoms with E-state index in [0.29, 0.717) is 5.56 Å². The van der Waals surface area contributed by atoms with E-state index in [9.17, 15) is 9.18 Å². The van der Waals surface area contributed by atoms with Gasteiger partial charge in [0.05, 0.1) is 22.7 Å². The van der Waals surface area contributed by atoms with Gasteiger partial charge in [0.1, 0.15) is 5.82 Å². The Morgan fingerprint density at radius 1 is 1.15 bits per heavy atom. The molecule has 1 aromatic heterocycles. The lowest BCUT2D eigenvalue weighted by Gasteiger charge is -2.11. The quantitative estimate of drug-likeness (QED) is 0.544. The zero-order valence-corrected chi connectivity index (χ0v) is 15.7. The molecule has 1 heterocycles. The lowest BCUT2D eigenvalue weighted by atomic mass is 10.2. The zero-order valence-electron chi connectivity index (χ0n) is 14.2. The van der Waals surface area contributed by atoms with Gasteiger partial charge < -0.3 is 13.9 Å². The first-order valence-corrected chi connectivity index (χ1v) is 8.48. The highest BCUT2D eigenvalue weighted by molar-refractivity contribution is 6.37. The predicted molar refractivity (Wildman–Crippen MR) is 96.5 cm³/mol. The molecule has 3 rings (SSSR count). The smallest absolute Gasteiger partial charge is 0.339 e. The molecule has 0 fully saturated rings. The summed E-state index contributed by atoms with van der Waals surface area (Å²) in [6, 6.07) is 8.34. The minimum Gasteiger partial charge on any atom is -0.494 e. The van der Waals surface area contributed by atoms with Gasteiger partial charge in [-0.25, -0.2) is 9.18 Å². The maximum Gasteiger partial charge on any atom is 0.339 e. The van der Waals surface area contributed by atoms with Crippen molar-refractivity contribution in [3.63, 3.8) is 0 Å². The van der Waals surface area contributed by atoms with E-state index < -0.39 is 12.1 Å². The van der Waals surface area contributed by atoms with Gasteiger partial charge in [0.25, 0.3) is 5.89 Å². The van der Waals surface area contributed by atoms with Crippen molar-refractivity contribution in [2.24, 2.45) is 0 Å². The van der Waals surface area contributed by atoms with Crippen LogP contribution in [0.25, 0.3) is 11.5 Å². The second-order valence-corrected chi connectivity index (χ2v) is 6.29. The molecule has 140 valence electrons. The number of benzene rings is 2. The molecule has 1 atom stereocenters. The molecule has 0 aliphatic heterocycles. The summed E-state index contributed by atoms with van der Waals surface area (Å²) >= 11 is 12.1. The van der Waals surface area contributed by atoms with Crippen molar-refractivity contribution in [1.82, 2.24) is 10.2 Å². The van der Waals surface area contributed by atoms with E-state index in [1.165, 1.54) is 43.5 Å². The predicted octanol–water partition coefficient (Wildman–Crippen LogP) is 5.11. The number of ether oxygens (including phenoxy) is 2. The molecule has 0 aliphatic carbocycles. The number of esters is 1. The molecule has 6 nitrogen and oxygen atoms in total. The Morgan fingerprint density at radius 2 is 1.78 bits per heavy atom. The number of nitrogens with zero attached hydrogens (tertiary/aromatic N) is 2. The lowest BCUT2D eigenvalue weighted by Crippen LogP contribution is -2.10. The highest BCUT2D eigenvalue weighted by Gasteiger charge is 2.21. The van der Waals surface area contributed by atoms with Crippen LogP contribution in [0.5, 0.6) is 5.75 Å². The fraction of sp³-hybridized carbons (Fsp3) is 0.167. The van der Waals surface area contributed by atoms with E-state index in [1.807, 2.05) is 0 Å². The van der Waals surface area contributed by atoms with E-state index in [0.717, 1.165) is 0 Å². The second-order valence-electron chi connectivity index (χ2n) is 5.47. The van der Waals surface area contributed by atoms with Gasteiger partial charge in [-0.1, -0.05) is 23.2 Å². The summed E-state index contributed by atoms with van der Waals surface area (Å²) in [6.45, 7) is 1.58. The topological polar surface area (TPSA) is 74.5 Å². The van der Waals surface area contributed by atoms with Crippen LogP contribution in [0.1, 0.15) is 29.3 Å². The van der Waals surface area contributed by atoms with Gasteiger partial charge in [0.2, 0.25) is 5.89 Å². The van der Waals surface area contributed by atoms with Crippen LogP contribution in [-0.4, -0.2) is 23.3 Å². The van der Waals surface area contributed by atoms with E-state index in [1.54, 1.807) is 6.92 Å². The number of hydrogen-bond donors (Lipinski definition) is 0. The maximum atomic E-state index is 13.0. The standard InChI is InChI=1S/C18H13Cl2FN2O4/c1-9(16-22-23-17(27-16)10-3-5-12(21)6-4-10)26-18(24)11-7-13(19)15(25-2)14(20)8-11/h3-9H,1-2H3/t9-/m0/s1. The molecular formula is C18H13Cl2FN2O4. The summed E-state index contributed by atoms with van der Waals surface area (Å²) in [5.74, 6) is -0.506. The largest absolute Gasteiger partial charge is 0.494 e. The van der Waals surface area contributed by atoms with Crippen molar-refractivity contribution in [3.8, 4) is 17.2 Å². The second kappa shape index (κ2) is 7.94. The van der Waals surface area contributed by atoms with Gasteiger partial charge in [-0.2, -0.15) is 0 Å². The molecule has 0 saturated heterocycles. The van der Waals surface area contributed by atoms with Gasteiger partial charge in [-0.3, -0.25) is 0 Å². The minimum atomic E-state index is -0.821. The molecule has 0 bridgehead atoms. The molecule has 0 amide bonds. The minimum absolute atomic E-state index is 0.0911. The average molecular weight is 411 g/mol. The summed E-state index contributed by atoms with van der Waals surface area (Å²) in [5, 5.41) is 8.11. The number of rotatable bonds is 5. The van der Waals surface area contributed by atoms with Crippen LogP contribution in [0.4, 0.5) is 4.39 Å². The van der Waals surface area contributed by atoms with E-state index >= 15 is 0 Å². The van der Waals surface area contributed by atoms with Crippen LogP contribution in [-0.2, 0) is 4.74 Å². The Labute approximate surface area is 163 Å². The fourth-order valence-electron chi connectivity index (χ4n) is 2.26. The van der Waals surface area contributed by atoms with Crippen LogP contribution in [0.2, 0.25) is 10.0 Å². The van der Waals surface area contributed by atoms with Crippen LogP contribution in [0, 0.1) is 5.82 Å². The molecule has 27 heavy (non-hydrogen) atoms. The number of halogens is 3. The highest BCUT2D eigenvalue weighted by Crippen LogP contribution is 2.34. The molecule has 0 N–H and O–H groups in total. The third kappa shape index (κ3) is 4.20. The molecule has 0 radical (unpaired) electrons. The zero-order chi connectivity index (χ0) is 19.6. The van der Waals surface area contributed by atoms with Crippen LogP contribution < -0.4 is 4.74 Å². The maximum absolute atomic E-state index is 13.0. The molecular weight excluding hydrogens is 398 g/mol. The number of carbonyl (C=O) groups excluding carboxylic acids is 1. The molecule has 2 aromatic carbocycles. The molecule has 9 heteroatoms. The van der Waals surface area contributed by atoms with E-state index in [-0.39, 0.29) is 39.0 Å². The normalized spacial score (nSPS) is 11.9. The first-order chi connectivity index (χ1) is 12.9. The van der Waals surface area contributed by atoms with E-state index in [2.05, 4.69) is 10.2 Å². The van der Waals surface area contributed by atoms with Gasteiger partial charge in [-0.15, -0.1) is 10.2 Å².